The Bertz CT molecular complexity index is 658. The van der Waals surface area contributed by atoms with Crippen molar-refractivity contribution >= 4 is 16.1 Å². The maximum Gasteiger partial charge on any atom is 0.304 e. The number of aliphatic hydroxyl groups excluding tert-OH is 1. The van der Waals surface area contributed by atoms with Crippen molar-refractivity contribution < 1.29 is 22.7 Å². The Hall–Kier alpha value is -0.770. The van der Waals surface area contributed by atoms with E-state index in [0.29, 0.717) is 18.8 Å². The van der Waals surface area contributed by atoms with Crippen LogP contribution >= 0.6 is 0 Å². The molecule has 2 saturated carbocycles. The Morgan fingerprint density at radius 1 is 1.29 bits per heavy atom. The number of fused-ring (bicyclic) bond motifs is 1. The van der Waals surface area contributed by atoms with Crippen molar-refractivity contribution in [1.82, 2.24) is 14.3 Å². The van der Waals surface area contributed by atoms with Crippen LogP contribution in [0.15, 0.2) is 0 Å². The molecule has 3 aliphatic rings. The molecule has 0 aromatic carbocycles. The third-order valence-corrected chi connectivity index (χ3v) is 8.52. The average Bonchev–Trinajstić information content (AvgIpc) is 2.91. The van der Waals surface area contributed by atoms with E-state index in [1.807, 2.05) is 4.72 Å². The number of hydrogen-bond donors (Lipinski definition) is 3. The Kier molecular flexibility index (Phi) is 7.00. The molecule has 1 amide bonds. The molecule has 1 heterocycles. The summed E-state index contributed by atoms with van der Waals surface area (Å²) in [5.74, 6) is -0.200. The second kappa shape index (κ2) is 8.93. The summed E-state index contributed by atoms with van der Waals surface area (Å²) in [6.45, 7) is 4.90. The van der Waals surface area contributed by atoms with Gasteiger partial charge in [-0.1, -0.05) is 26.7 Å². The van der Waals surface area contributed by atoms with Gasteiger partial charge < -0.3 is 10.4 Å². The molecule has 1 aliphatic heterocycles. The largest absolute Gasteiger partial charge is 0.391 e. The van der Waals surface area contributed by atoms with Crippen LogP contribution in [0, 0.1) is 17.8 Å². The van der Waals surface area contributed by atoms with Crippen LogP contribution in [-0.4, -0.2) is 61.2 Å². The number of aliphatic hydroxyl groups is 1. The molecule has 3 rings (SSSR count). The highest BCUT2D eigenvalue weighted by Crippen LogP contribution is 2.44. The molecule has 0 aromatic rings. The molecule has 28 heavy (non-hydrogen) atoms. The van der Waals surface area contributed by atoms with Gasteiger partial charge in [0.15, 0.2) is 0 Å². The smallest absolute Gasteiger partial charge is 0.304 e. The van der Waals surface area contributed by atoms with Crippen LogP contribution in [0.1, 0.15) is 58.8 Å². The second-order valence-corrected chi connectivity index (χ2v) is 10.3. The number of nitrogens with zero attached hydrogens (tertiary/aromatic N) is 1. The van der Waals surface area contributed by atoms with Crippen molar-refractivity contribution in [2.45, 2.75) is 83.2 Å². The molecule has 1 saturated heterocycles. The van der Waals surface area contributed by atoms with Gasteiger partial charge in [-0.15, -0.1) is 0 Å². The Balaban J connectivity index is 1.63. The SMILES string of the molecule is CCC(CC)CCN[C@@H]1CCC2CC(O)C(N3CC(=O)NS3(=O)=O)C(F)C2C1. The quantitative estimate of drug-likeness (QED) is 0.578. The van der Waals surface area contributed by atoms with Gasteiger partial charge >= 0.3 is 10.2 Å². The van der Waals surface area contributed by atoms with Gasteiger partial charge in [0, 0.05) is 6.04 Å². The third-order valence-electron chi connectivity index (χ3n) is 7.05. The molecule has 5 unspecified atom stereocenters. The minimum absolute atomic E-state index is 0.0623. The predicted octanol–water partition coefficient (Wildman–Crippen LogP) is 1.34. The van der Waals surface area contributed by atoms with Gasteiger partial charge in [0.2, 0.25) is 5.91 Å². The van der Waals surface area contributed by atoms with Gasteiger partial charge in [0.05, 0.1) is 18.7 Å². The lowest BCUT2D eigenvalue weighted by molar-refractivity contribution is -0.119. The lowest BCUT2D eigenvalue weighted by Crippen LogP contribution is -2.59. The van der Waals surface area contributed by atoms with Gasteiger partial charge in [-0.05, 0) is 56.4 Å². The van der Waals surface area contributed by atoms with E-state index in [1.165, 1.54) is 0 Å². The van der Waals surface area contributed by atoms with E-state index in [0.717, 1.165) is 43.0 Å². The summed E-state index contributed by atoms with van der Waals surface area (Å²) >= 11 is 0. The summed E-state index contributed by atoms with van der Waals surface area (Å²) in [5, 5.41) is 14.0. The van der Waals surface area contributed by atoms with Gasteiger partial charge in [-0.25, -0.2) is 9.11 Å². The zero-order chi connectivity index (χ0) is 20.5. The molecular weight excluding hydrogens is 385 g/mol. The van der Waals surface area contributed by atoms with Crippen LogP contribution < -0.4 is 10.0 Å². The van der Waals surface area contributed by atoms with E-state index >= 15 is 4.39 Å². The molecule has 2 aliphatic carbocycles. The second-order valence-electron chi connectivity index (χ2n) is 8.67. The maximum atomic E-state index is 15.5. The highest BCUT2D eigenvalue weighted by Gasteiger charge is 2.53. The summed E-state index contributed by atoms with van der Waals surface area (Å²) in [6.07, 6.45) is 3.70. The van der Waals surface area contributed by atoms with Crippen molar-refractivity contribution in [2.75, 3.05) is 13.1 Å². The molecule has 3 N–H and O–H groups in total. The summed E-state index contributed by atoms with van der Waals surface area (Å²) in [5.41, 5.74) is 0. The zero-order valence-corrected chi connectivity index (χ0v) is 17.6. The Morgan fingerprint density at radius 2 is 2.00 bits per heavy atom. The molecule has 6 atom stereocenters. The fraction of sp³-hybridized carbons (Fsp3) is 0.947. The fourth-order valence-electron chi connectivity index (χ4n) is 5.32. The molecule has 3 fully saturated rings. The van der Waals surface area contributed by atoms with Gasteiger partial charge in [0.1, 0.15) is 6.17 Å². The molecule has 9 heteroatoms. The molecule has 0 bridgehead atoms. The van der Waals surface area contributed by atoms with Crippen molar-refractivity contribution in [3.63, 3.8) is 0 Å². The van der Waals surface area contributed by atoms with E-state index in [2.05, 4.69) is 19.2 Å². The summed E-state index contributed by atoms with van der Waals surface area (Å²) in [4.78, 5) is 11.5. The first-order valence-electron chi connectivity index (χ1n) is 10.6. The zero-order valence-electron chi connectivity index (χ0n) is 16.8. The third kappa shape index (κ3) is 4.52. The number of amides is 1. The van der Waals surface area contributed by atoms with E-state index in [1.54, 1.807) is 0 Å². The van der Waals surface area contributed by atoms with Crippen molar-refractivity contribution in [2.24, 2.45) is 17.8 Å². The van der Waals surface area contributed by atoms with Crippen LogP contribution in [-0.2, 0) is 15.0 Å². The van der Waals surface area contributed by atoms with Crippen molar-refractivity contribution in [3.05, 3.63) is 0 Å². The lowest BCUT2D eigenvalue weighted by Gasteiger charge is -2.48. The minimum Gasteiger partial charge on any atom is -0.391 e. The number of alkyl halides is 1. The summed E-state index contributed by atoms with van der Waals surface area (Å²) in [6, 6.07) is -0.965. The fourth-order valence-corrected chi connectivity index (χ4v) is 6.65. The average molecular weight is 420 g/mol. The first-order valence-corrected chi connectivity index (χ1v) is 12.1. The van der Waals surface area contributed by atoms with E-state index in [-0.39, 0.29) is 17.9 Å². The number of carbonyl (C=O) groups is 1. The molecule has 7 nitrogen and oxygen atoms in total. The Morgan fingerprint density at radius 3 is 2.61 bits per heavy atom. The number of carbonyl (C=O) groups excluding carboxylic acids is 1. The van der Waals surface area contributed by atoms with Crippen LogP contribution in [0.2, 0.25) is 0 Å². The van der Waals surface area contributed by atoms with E-state index in [9.17, 15) is 18.3 Å². The number of nitrogens with one attached hydrogen (secondary N) is 2. The molecule has 0 radical (unpaired) electrons. The van der Waals surface area contributed by atoms with Gasteiger partial charge in [-0.2, -0.15) is 12.7 Å². The number of halogens is 1. The maximum absolute atomic E-state index is 15.5. The summed E-state index contributed by atoms with van der Waals surface area (Å²) in [7, 11) is -4.06. The normalized spacial score (nSPS) is 38.4. The minimum atomic E-state index is -4.06. The van der Waals surface area contributed by atoms with Gasteiger partial charge in [0.25, 0.3) is 0 Å². The molecule has 162 valence electrons. The number of hydrogen-bond acceptors (Lipinski definition) is 5. The Labute approximate surface area is 167 Å². The molecule has 0 spiro atoms. The summed E-state index contributed by atoms with van der Waals surface area (Å²) < 4.78 is 42.5. The topological polar surface area (TPSA) is 98.7 Å². The first-order chi connectivity index (χ1) is 13.3. The van der Waals surface area contributed by atoms with Crippen LogP contribution in [0.25, 0.3) is 0 Å². The number of rotatable bonds is 7. The van der Waals surface area contributed by atoms with E-state index < -0.39 is 41.0 Å². The van der Waals surface area contributed by atoms with Crippen LogP contribution in [0.4, 0.5) is 4.39 Å². The molecular formula is C19H34FN3O4S. The van der Waals surface area contributed by atoms with Crippen molar-refractivity contribution in [3.8, 4) is 0 Å². The molecule has 0 aromatic heterocycles. The lowest BCUT2D eigenvalue weighted by atomic mass is 9.66. The van der Waals surface area contributed by atoms with E-state index in [4.69, 9.17) is 0 Å². The monoisotopic (exact) mass is 419 g/mol. The first kappa shape index (κ1) is 21.9. The van der Waals surface area contributed by atoms with Crippen molar-refractivity contribution in [1.29, 1.82) is 0 Å². The highest BCUT2D eigenvalue weighted by atomic mass is 32.2. The van der Waals surface area contributed by atoms with Gasteiger partial charge in [-0.3, -0.25) is 4.79 Å². The standard InChI is InChI=1S/C19H34FN3O4S/c1-3-12(4-2)7-8-21-14-6-5-13-9-16(24)19(18(20)15(13)10-14)23-11-17(25)22-28(23,26)27/h12-16,18-19,21,24H,3-11H2,1-2H3,(H,22,25)/t13?,14-,15?,16?,18?,19?/m1/s1. The van der Waals surface area contributed by atoms with Crippen LogP contribution in [0.5, 0.6) is 0 Å². The van der Waals surface area contributed by atoms with Crippen LogP contribution in [0.3, 0.4) is 0 Å². The predicted molar refractivity (Wildman–Crippen MR) is 104 cm³/mol. The highest BCUT2D eigenvalue weighted by molar-refractivity contribution is 7.88.